The van der Waals surface area contributed by atoms with Gasteiger partial charge in [0.15, 0.2) is 0 Å². The van der Waals surface area contributed by atoms with Gasteiger partial charge >= 0.3 is 0 Å². The van der Waals surface area contributed by atoms with Gasteiger partial charge < -0.3 is 0 Å². The maximum absolute atomic E-state index is 2.87. The van der Waals surface area contributed by atoms with E-state index in [9.17, 15) is 0 Å². The molecule has 4 aliphatic rings. The Morgan fingerprint density at radius 1 is 0.800 bits per heavy atom. The molecule has 0 aromatic heterocycles. The van der Waals surface area contributed by atoms with Crippen LogP contribution in [0.4, 0.5) is 0 Å². The van der Waals surface area contributed by atoms with Crippen molar-refractivity contribution in [3.8, 4) is 0 Å². The van der Waals surface area contributed by atoms with E-state index in [4.69, 9.17) is 0 Å². The first kappa shape index (κ1) is 4.76. The highest BCUT2D eigenvalue weighted by Crippen LogP contribution is 2.61. The molecule has 2 saturated heterocycles. The van der Waals surface area contributed by atoms with Crippen LogP contribution in [-0.4, -0.2) is 23.0 Å². The number of rotatable bonds is 0. The van der Waals surface area contributed by atoms with E-state index in [1.165, 1.54) is 0 Å². The maximum atomic E-state index is 2.87. The lowest BCUT2D eigenvalue weighted by Crippen LogP contribution is -2.30. The van der Waals surface area contributed by atoms with Gasteiger partial charge in [0, 0.05) is 18.1 Å². The predicted molar refractivity (Wildman–Crippen MR) is 38.7 cm³/mol. The third kappa shape index (κ3) is 0.378. The van der Waals surface area contributed by atoms with Crippen LogP contribution in [0.1, 0.15) is 25.7 Å². The summed E-state index contributed by atoms with van der Waals surface area (Å²) in [5.41, 5.74) is 0. The highest BCUT2D eigenvalue weighted by atomic mass is 15.3. The molecule has 2 heterocycles. The molecule has 0 aromatic rings. The van der Waals surface area contributed by atoms with Gasteiger partial charge in [0.2, 0.25) is 0 Å². The van der Waals surface area contributed by atoms with Crippen molar-refractivity contribution < 1.29 is 0 Å². The SMILES string of the molecule is C1C2CC2N2C1CC1CC12. The summed E-state index contributed by atoms with van der Waals surface area (Å²) in [7, 11) is 0. The highest BCUT2D eigenvalue weighted by Gasteiger charge is 2.63. The lowest BCUT2D eigenvalue weighted by atomic mass is 10.1. The van der Waals surface area contributed by atoms with Gasteiger partial charge in [0.05, 0.1) is 0 Å². The van der Waals surface area contributed by atoms with Crippen molar-refractivity contribution in [3.05, 3.63) is 0 Å². The molecule has 4 atom stereocenters. The molecular formula is C9H13N. The van der Waals surface area contributed by atoms with Gasteiger partial charge in [-0.3, -0.25) is 4.90 Å². The Hall–Kier alpha value is -0.0400. The lowest BCUT2D eigenvalue weighted by Gasteiger charge is -2.21. The van der Waals surface area contributed by atoms with Crippen LogP contribution in [0, 0.1) is 11.8 Å². The first-order valence-corrected chi connectivity index (χ1v) is 4.71. The van der Waals surface area contributed by atoms with Crippen LogP contribution in [-0.2, 0) is 0 Å². The molecular weight excluding hydrogens is 122 g/mol. The number of piperidine rings is 2. The Labute approximate surface area is 61.4 Å². The van der Waals surface area contributed by atoms with Crippen molar-refractivity contribution >= 4 is 0 Å². The Bertz CT molecular complexity index is 181. The Morgan fingerprint density at radius 3 is 1.90 bits per heavy atom. The van der Waals surface area contributed by atoms with Crippen LogP contribution in [0.5, 0.6) is 0 Å². The Kier molecular flexibility index (Phi) is 0.560. The molecule has 2 aliphatic carbocycles. The summed E-state index contributed by atoms with van der Waals surface area (Å²) < 4.78 is 0. The van der Waals surface area contributed by atoms with Crippen LogP contribution in [0.3, 0.4) is 0 Å². The summed E-state index contributed by atoms with van der Waals surface area (Å²) in [5, 5.41) is 0. The fraction of sp³-hybridized carbons (Fsp3) is 1.00. The molecule has 4 fully saturated rings. The van der Waals surface area contributed by atoms with Crippen molar-refractivity contribution in [1.29, 1.82) is 0 Å². The molecule has 1 heteroatoms. The van der Waals surface area contributed by atoms with Crippen molar-refractivity contribution in [2.45, 2.75) is 43.8 Å². The second-order valence-corrected chi connectivity index (χ2v) is 4.70. The molecule has 4 unspecified atom stereocenters. The molecule has 2 saturated carbocycles. The number of hydrogen-bond donors (Lipinski definition) is 0. The van der Waals surface area contributed by atoms with Gasteiger partial charge in [-0.1, -0.05) is 0 Å². The zero-order valence-electron chi connectivity index (χ0n) is 6.16. The largest absolute Gasteiger partial charge is 0.294 e. The molecule has 0 radical (unpaired) electrons. The fourth-order valence-electron chi connectivity index (χ4n) is 3.53. The highest BCUT2D eigenvalue weighted by molar-refractivity contribution is 5.17. The number of fused-ring (bicyclic) bond motifs is 5. The monoisotopic (exact) mass is 135 g/mol. The second kappa shape index (κ2) is 1.18. The minimum atomic E-state index is 1.06. The first-order valence-electron chi connectivity index (χ1n) is 4.71. The molecule has 0 aromatic carbocycles. The van der Waals surface area contributed by atoms with Crippen LogP contribution in [0.15, 0.2) is 0 Å². The average molecular weight is 135 g/mol. The van der Waals surface area contributed by atoms with Crippen LogP contribution < -0.4 is 0 Å². The van der Waals surface area contributed by atoms with Crippen molar-refractivity contribution in [2.75, 3.05) is 0 Å². The van der Waals surface area contributed by atoms with Gasteiger partial charge in [-0.05, 0) is 37.5 Å². The van der Waals surface area contributed by atoms with Gasteiger partial charge in [0.1, 0.15) is 0 Å². The second-order valence-electron chi connectivity index (χ2n) is 4.70. The fourth-order valence-corrected chi connectivity index (χ4v) is 3.53. The van der Waals surface area contributed by atoms with Gasteiger partial charge in [-0.2, -0.15) is 0 Å². The van der Waals surface area contributed by atoms with E-state index in [0.717, 1.165) is 30.0 Å². The quantitative estimate of drug-likeness (QED) is 0.483. The minimum Gasteiger partial charge on any atom is -0.294 e. The topological polar surface area (TPSA) is 3.24 Å². The third-order valence-electron chi connectivity index (χ3n) is 4.11. The van der Waals surface area contributed by atoms with E-state index in [1.54, 1.807) is 25.7 Å². The molecule has 2 aliphatic heterocycles. The van der Waals surface area contributed by atoms with Crippen LogP contribution in [0.25, 0.3) is 0 Å². The summed E-state index contributed by atoms with van der Waals surface area (Å²) >= 11 is 0. The molecule has 0 N–H and O–H groups in total. The molecule has 0 amide bonds. The zero-order chi connectivity index (χ0) is 6.29. The summed E-state index contributed by atoms with van der Waals surface area (Å²) in [4.78, 5) is 2.87. The molecule has 10 heavy (non-hydrogen) atoms. The standard InChI is InChI=1S/C9H13N/c1-5-3-8(5)10-7(1)2-6-4-9(6)10/h5-9H,1-4H2. The van der Waals surface area contributed by atoms with Crippen LogP contribution in [0.2, 0.25) is 0 Å². The molecule has 0 spiro atoms. The van der Waals surface area contributed by atoms with Crippen molar-refractivity contribution in [3.63, 3.8) is 0 Å². The Morgan fingerprint density at radius 2 is 1.40 bits per heavy atom. The van der Waals surface area contributed by atoms with Gasteiger partial charge in [0.25, 0.3) is 0 Å². The minimum absolute atomic E-state index is 1.06. The van der Waals surface area contributed by atoms with E-state index in [-0.39, 0.29) is 0 Å². The molecule has 1 nitrogen and oxygen atoms in total. The summed E-state index contributed by atoms with van der Waals surface area (Å²) in [5.74, 6) is 2.32. The Balaban J connectivity index is 1.76. The third-order valence-corrected chi connectivity index (χ3v) is 4.11. The predicted octanol–water partition coefficient (Wildman–Crippen LogP) is 1.24. The molecule has 4 rings (SSSR count). The van der Waals surface area contributed by atoms with Crippen LogP contribution >= 0.6 is 0 Å². The average Bonchev–Trinajstić information content (AvgIpc) is 2.78. The van der Waals surface area contributed by atoms with E-state index >= 15 is 0 Å². The van der Waals surface area contributed by atoms with E-state index < -0.39 is 0 Å². The smallest absolute Gasteiger partial charge is 0.0134 e. The van der Waals surface area contributed by atoms with E-state index in [2.05, 4.69) is 4.90 Å². The van der Waals surface area contributed by atoms with Crippen molar-refractivity contribution in [2.24, 2.45) is 11.8 Å². The zero-order valence-corrected chi connectivity index (χ0v) is 6.16. The van der Waals surface area contributed by atoms with Gasteiger partial charge in [-0.15, -0.1) is 0 Å². The number of hydrogen-bond acceptors (Lipinski definition) is 1. The molecule has 0 bridgehead atoms. The first-order chi connectivity index (χ1) is 4.93. The lowest BCUT2D eigenvalue weighted by molar-refractivity contribution is 0.241. The van der Waals surface area contributed by atoms with E-state index in [1.807, 2.05) is 0 Å². The van der Waals surface area contributed by atoms with E-state index in [0.29, 0.717) is 0 Å². The molecule has 54 valence electrons. The maximum Gasteiger partial charge on any atom is 0.0134 e. The summed E-state index contributed by atoms with van der Waals surface area (Å²) in [6.07, 6.45) is 6.24. The van der Waals surface area contributed by atoms with Gasteiger partial charge in [-0.25, -0.2) is 0 Å². The number of nitrogens with zero attached hydrogens (tertiary/aromatic N) is 1. The van der Waals surface area contributed by atoms with Crippen molar-refractivity contribution in [1.82, 2.24) is 4.90 Å². The summed E-state index contributed by atoms with van der Waals surface area (Å²) in [6, 6.07) is 3.23. The summed E-state index contributed by atoms with van der Waals surface area (Å²) in [6.45, 7) is 0. The normalized spacial score (nSPS) is 69.0.